The lowest BCUT2D eigenvalue weighted by Crippen LogP contribution is -2.39. The lowest BCUT2D eigenvalue weighted by atomic mass is 9.93. The molecular weight excluding hydrogens is 314 g/mol. The van der Waals surface area contributed by atoms with E-state index in [1.807, 2.05) is 40.2 Å². The summed E-state index contributed by atoms with van der Waals surface area (Å²) >= 11 is 0. The van der Waals surface area contributed by atoms with Crippen LogP contribution >= 0.6 is 0 Å². The predicted molar refractivity (Wildman–Crippen MR) is 96.4 cm³/mol. The molecule has 2 aliphatic rings. The van der Waals surface area contributed by atoms with Crippen LogP contribution in [0.1, 0.15) is 42.5 Å². The van der Waals surface area contributed by atoms with Gasteiger partial charge in [0.1, 0.15) is 5.82 Å². The molecule has 4 rings (SSSR count). The van der Waals surface area contributed by atoms with Crippen LogP contribution in [0.15, 0.2) is 36.8 Å². The predicted octanol–water partition coefficient (Wildman–Crippen LogP) is 2.79. The van der Waals surface area contributed by atoms with E-state index in [1.165, 1.54) is 19.3 Å². The van der Waals surface area contributed by atoms with Gasteiger partial charge in [-0.1, -0.05) is 0 Å². The molecule has 1 aliphatic heterocycles. The van der Waals surface area contributed by atoms with Gasteiger partial charge in [0.15, 0.2) is 0 Å². The van der Waals surface area contributed by atoms with E-state index in [2.05, 4.69) is 15.4 Å². The zero-order valence-corrected chi connectivity index (χ0v) is 14.5. The Hall–Kier alpha value is -2.37. The molecule has 0 radical (unpaired) electrons. The Morgan fingerprint density at radius 1 is 1.20 bits per heavy atom. The van der Waals surface area contributed by atoms with Crippen molar-refractivity contribution in [2.45, 2.75) is 44.7 Å². The van der Waals surface area contributed by atoms with Crippen LogP contribution in [0.25, 0.3) is 0 Å². The summed E-state index contributed by atoms with van der Waals surface area (Å²) in [4.78, 5) is 19.0. The van der Waals surface area contributed by atoms with Gasteiger partial charge in [-0.25, -0.2) is 4.98 Å². The first-order valence-corrected chi connectivity index (χ1v) is 9.27. The number of hydrogen-bond donors (Lipinski definition) is 1. The molecule has 2 aromatic heterocycles. The Bertz CT molecular complexity index is 685. The number of rotatable bonds is 5. The molecule has 6 nitrogen and oxygen atoms in total. The highest BCUT2D eigenvalue weighted by Gasteiger charge is 2.24. The summed E-state index contributed by atoms with van der Waals surface area (Å²) in [6.07, 6.45) is 11.3. The zero-order valence-electron chi connectivity index (χ0n) is 14.5. The lowest BCUT2D eigenvalue weighted by molar-refractivity contribution is 0.0681. The normalized spacial score (nSPS) is 18.8. The maximum Gasteiger partial charge on any atom is 0.255 e. The first-order valence-electron chi connectivity index (χ1n) is 9.27. The fourth-order valence-corrected chi connectivity index (χ4v) is 3.54. The largest absolute Gasteiger partial charge is 0.367 e. The van der Waals surface area contributed by atoms with Crippen molar-refractivity contribution in [1.29, 1.82) is 0 Å². The molecule has 0 spiro atoms. The third kappa shape index (κ3) is 3.83. The van der Waals surface area contributed by atoms with Crippen LogP contribution in [0.2, 0.25) is 0 Å². The fraction of sp³-hybridized carbons (Fsp3) is 0.526. The van der Waals surface area contributed by atoms with Crippen molar-refractivity contribution >= 4 is 11.7 Å². The first kappa shape index (κ1) is 16.1. The molecule has 1 amide bonds. The topological polar surface area (TPSA) is 63.1 Å². The molecule has 1 saturated heterocycles. The van der Waals surface area contributed by atoms with Gasteiger partial charge in [0.05, 0.1) is 5.56 Å². The van der Waals surface area contributed by atoms with Crippen LogP contribution in [0.5, 0.6) is 0 Å². The monoisotopic (exact) mass is 339 g/mol. The van der Waals surface area contributed by atoms with Crippen molar-refractivity contribution in [3.63, 3.8) is 0 Å². The molecular formula is C19H25N5O. The molecule has 0 unspecified atom stereocenters. The highest BCUT2D eigenvalue weighted by Crippen LogP contribution is 2.23. The number of nitrogens with one attached hydrogen (secondary N) is 1. The highest BCUT2D eigenvalue weighted by molar-refractivity contribution is 5.94. The number of hydrogen-bond acceptors (Lipinski definition) is 4. The summed E-state index contributed by atoms with van der Waals surface area (Å²) in [5.41, 5.74) is 0.685. The standard InChI is InChI=1S/C19H25N5O/c25-19(16-5-6-18(20-13-16)22-17-3-1-4-17)23-11-7-15(8-12-23)14-24-10-2-9-21-24/h2,5-6,9-10,13,15,17H,1,3-4,7-8,11-12,14H2,(H,20,22). The fourth-order valence-electron chi connectivity index (χ4n) is 3.54. The van der Waals surface area contributed by atoms with Crippen LogP contribution in [0.4, 0.5) is 5.82 Å². The minimum Gasteiger partial charge on any atom is -0.367 e. The van der Waals surface area contributed by atoms with Gasteiger partial charge in [-0.2, -0.15) is 5.10 Å². The molecule has 1 saturated carbocycles. The number of likely N-dealkylation sites (tertiary alicyclic amines) is 1. The summed E-state index contributed by atoms with van der Waals surface area (Å²) in [6.45, 7) is 2.57. The van der Waals surface area contributed by atoms with Gasteiger partial charge < -0.3 is 10.2 Å². The Balaban J connectivity index is 1.29. The van der Waals surface area contributed by atoms with Crippen molar-refractivity contribution in [3.8, 4) is 0 Å². The minimum atomic E-state index is 0.0974. The van der Waals surface area contributed by atoms with Crippen molar-refractivity contribution in [2.24, 2.45) is 5.92 Å². The van der Waals surface area contributed by atoms with Crippen molar-refractivity contribution in [3.05, 3.63) is 42.4 Å². The van der Waals surface area contributed by atoms with Crippen LogP contribution in [0, 0.1) is 5.92 Å². The highest BCUT2D eigenvalue weighted by atomic mass is 16.2. The summed E-state index contributed by atoms with van der Waals surface area (Å²) in [5.74, 6) is 1.57. The Morgan fingerprint density at radius 2 is 2.04 bits per heavy atom. The third-order valence-electron chi connectivity index (χ3n) is 5.37. The first-order chi connectivity index (χ1) is 12.3. The average Bonchev–Trinajstić information content (AvgIpc) is 3.12. The number of amides is 1. The second-order valence-electron chi connectivity index (χ2n) is 7.17. The zero-order chi connectivity index (χ0) is 17.1. The van der Waals surface area contributed by atoms with Crippen molar-refractivity contribution in [1.82, 2.24) is 19.7 Å². The van der Waals surface area contributed by atoms with E-state index >= 15 is 0 Å². The Labute approximate surface area is 148 Å². The van der Waals surface area contributed by atoms with E-state index in [-0.39, 0.29) is 5.91 Å². The molecule has 3 heterocycles. The number of piperidine rings is 1. The summed E-state index contributed by atoms with van der Waals surface area (Å²) < 4.78 is 1.99. The smallest absolute Gasteiger partial charge is 0.255 e. The van der Waals surface area contributed by atoms with E-state index in [0.717, 1.165) is 38.3 Å². The SMILES string of the molecule is O=C(c1ccc(NC2CCC2)nc1)N1CCC(Cn2cccn2)CC1. The number of anilines is 1. The third-order valence-corrected chi connectivity index (χ3v) is 5.37. The van der Waals surface area contributed by atoms with E-state index in [0.29, 0.717) is 17.5 Å². The second-order valence-corrected chi connectivity index (χ2v) is 7.17. The van der Waals surface area contributed by atoms with Crippen molar-refractivity contribution in [2.75, 3.05) is 18.4 Å². The molecule has 25 heavy (non-hydrogen) atoms. The Kier molecular flexibility index (Phi) is 4.68. The van der Waals surface area contributed by atoms with E-state index < -0.39 is 0 Å². The Morgan fingerprint density at radius 3 is 2.64 bits per heavy atom. The van der Waals surface area contributed by atoms with Gasteiger partial charge in [0, 0.05) is 44.3 Å². The van der Waals surface area contributed by atoms with Gasteiger partial charge >= 0.3 is 0 Å². The quantitative estimate of drug-likeness (QED) is 0.910. The van der Waals surface area contributed by atoms with Crippen LogP contribution < -0.4 is 5.32 Å². The van der Waals surface area contributed by atoms with Gasteiger partial charge in [-0.15, -0.1) is 0 Å². The van der Waals surface area contributed by atoms with E-state index in [1.54, 1.807) is 6.20 Å². The molecule has 132 valence electrons. The summed E-state index contributed by atoms with van der Waals surface area (Å²) in [6, 6.07) is 6.33. The maximum absolute atomic E-state index is 12.7. The van der Waals surface area contributed by atoms with Crippen LogP contribution in [0.3, 0.4) is 0 Å². The van der Waals surface area contributed by atoms with Crippen molar-refractivity contribution < 1.29 is 4.79 Å². The van der Waals surface area contributed by atoms with Gasteiger partial charge in [-0.3, -0.25) is 9.48 Å². The second kappa shape index (κ2) is 7.25. The van der Waals surface area contributed by atoms with Gasteiger partial charge in [-0.05, 0) is 56.2 Å². The molecule has 0 atom stereocenters. The summed E-state index contributed by atoms with van der Waals surface area (Å²) in [7, 11) is 0. The van der Waals surface area contributed by atoms with E-state index in [9.17, 15) is 4.79 Å². The molecule has 1 aliphatic carbocycles. The summed E-state index contributed by atoms with van der Waals surface area (Å²) in [5, 5.41) is 7.68. The molecule has 0 bridgehead atoms. The molecule has 0 aromatic carbocycles. The average molecular weight is 339 g/mol. The number of pyridine rings is 1. The van der Waals surface area contributed by atoms with Crippen LogP contribution in [-0.2, 0) is 6.54 Å². The van der Waals surface area contributed by atoms with Crippen LogP contribution in [-0.4, -0.2) is 44.7 Å². The minimum absolute atomic E-state index is 0.0974. The number of aromatic nitrogens is 3. The van der Waals surface area contributed by atoms with Gasteiger partial charge in [0.25, 0.3) is 5.91 Å². The van der Waals surface area contributed by atoms with E-state index in [4.69, 9.17) is 0 Å². The molecule has 2 fully saturated rings. The molecule has 2 aromatic rings. The number of carbonyl (C=O) groups is 1. The van der Waals surface area contributed by atoms with Gasteiger partial charge in [0.2, 0.25) is 0 Å². The molecule has 1 N–H and O–H groups in total. The maximum atomic E-state index is 12.7. The molecule has 6 heteroatoms. The number of nitrogens with zero attached hydrogens (tertiary/aromatic N) is 4. The lowest BCUT2D eigenvalue weighted by Gasteiger charge is -2.32. The number of carbonyl (C=O) groups excluding carboxylic acids is 1.